The molecule has 1 amide bonds. The van der Waals surface area contributed by atoms with E-state index in [1.807, 2.05) is 22.4 Å². The monoisotopic (exact) mass is 370 g/mol. The average Bonchev–Trinajstić information content (AvgIpc) is 3.41. The van der Waals surface area contributed by atoms with Crippen LogP contribution in [0.3, 0.4) is 0 Å². The Morgan fingerprint density at radius 3 is 2.85 bits per heavy atom. The van der Waals surface area contributed by atoms with Gasteiger partial charge in [0.15, 0.2) is 5.13 Å². The first-order chi connectivity index (χ1) is 12.7. The predicted molar refractivity (Wildman–Crippen MR) is 95.7 cm³/mol. The third-order valence-corrected chi connectivity index (χ3v) is 5.47. The highest BCUT2D eigenvalue weighted by atomic mass is 32.1. The van der Waals surface area contributed by atoms with Gasteiger partial charge in [-0.05, 0) is 18.6 Å². The van der Waals surface area contributed by atoms with Crippen molar-refractivity contribution in [2.45, 2.75) is 19.1 Å². The Hall–Kier alpha value is -2.81. The molecule has 9 heteroatoms. The molecule has 0 aliphatic carbocycles. The molecule has 1 fully saturated rings. The lowest BCUT2D eigenvalue weighted by Gasteiger charge is -2.16. The van der Waals surface area contributed by atoms with Crippen molar-refractivity contribution in [3.8, 4) is 5.69 Å². The third kappa shape index (κ3) is 2.47. The highest BCUT2D eigenvalue weighted by Gasteiger charge is 2.33. The molecule has 0 bridgehead atoms. The second-order valence-electron chi connectivity index (χ2n) is 6.35. The van der Waals surface area contributed by atoms with E-state index in [2.05, 4.69) is 15.1 Å². The number of halogens is 1. The first kappa shape index (κ1) is 15.4. The number of aromatic nitrogens is 4. The van der Waals surface area contributed by atoms with E-state index >= 15 is 0 Å². The van der Waals surface area contributed by atoms with Crippen LogP contribution in [0.1, 0.15) is 22.5 Å². The molecule has 0 aromatic carbocycles. The maximum atomic E-state index is 13.3. The van der Waals surface area contributed by atoms with Gasteiger partial charge in [0.05, 0.1) is 36.2 Å². The number of fused-ring (bicyclic) bond motifs is 1. The Labute approximate surface area is 152 Å². The quantitative estimate of drug-likeness (QED) is 0.708. The number of thiazole rings is 1. The van der Waals surface area contributed by atoms with Gasteiger partial charge in [-0.2, -0.15) is 5.10 Å². The molecule has 26 heavy (non-hydrogen) atoms. The van der Waals surface area contributed by atoms with E-state index in [1.54, 1.807) is 28.2 Å². The van der Waals surface area contributed by atoms with Crippen molar-refractivity contribution >= 4 is 28.2 Å². The molecule has 7 nitrogen and oxygen atoms in total. The number of amides is 1. The van der Waals surface area contributed by atoms with Crippen LogP contribution in [-0.4, -0.2) is 44.9 Å². The number of carbonyl (C=O) groups excluding carboxylic acids is 1. The van der Waals surface area contributed by atoms with Crippen LogP contribution in [0.4, 0.5) is 15.3 Å². The van der Waals surface area contributed by atoms with E-state index in [0.717, 1.165) is 17.2 Å². The van der Waals surface area contributed by atoms with Crippen molar-refractivity contribution in [2.24, 2.45) is 0 Å². The Balaban J connectivity index is 1.37. The van der Waals surface area contributed by atoms with Gasteiger partial charge in [-0.15, -0.1) is 11.3 Å². The Morgan fingerprint density at radius 1 is 1.27 bits per heavy atom. The fourth-order valence-corrected chi connectivity index (χ4v) is 3.97. The number of hydrogen-bond acceptors (Lipinski definition) is 6. The van der Waals surface area contributed by atoms with Gasteiger partial charge >= 0.3 is 0 Å². The fourth-order valence-electron chi connectivity index (χ4n) is 3.33. The lowest BCUT2D eigenvalue weighted by Crippen LogP contribution is -2.23. The summed E-state index contributed by atoms with van der Waals surface area (Å²) in [5.41, 5.74) is 2.09. The summed E-state index contributed by atoms with van der Waals surface area (Å²) in [6.45, 7) is 1.50. The van der Waals surface area contributed by atoms with Gasteiger partial charge in [-0.25, -0.2) is 19.0 Å². The van der Waals surface area contributed by atoms with Crippen LogP contribution >= 0.6 is 11.3 Å². The number of pyridine rings is 1. The Morgan fingerprint density at radius 2 is 2.19 bits per heavy atom. The molecule has 1 saturated heterocycles. The average molecular weight is 370 g/mol. The van der Waals surface area contributed by atoms with E-state index in [0.29, 0.717) is 36.8 Å². The molecular weight excluding hydrogens is 355 g/mol. The minimum atomic E-state index is -0.780. The number of alkyl halides is 1. The van der Waals surface area contributed by atoms with Crippen molar-refractivity contribution in [1.29, 1.82) is 0 Å². The number of nitrogens with zero attached hydrogens (tertiary/aromatic N) is 6. The predicted octanol–water partition coefficient (Wildman–Crippen LogP) is 2.43. The van der Waals surface area contributed by atoms with E-state index in [1.165, 1.54) is 11.3 Å². The first-order valence-corrected chi connectivity index (χ1v) is 9.22. The topological polar surface area (TPSA) is 67.2 Å². The van der Waals surface area contributed by atoms with Crippen LogP contribution in [0, 0.1) is 0 Å². The zero-order valence-electron chi connectivity index (χ0n) is 13.7. The zero-order chi connectivity index (χ0) is 17.7. The number of anilines is 2. The fraction of sp³-hybridized carbons (Fsp3) is 0.294. The lowest BCUT2D eigenvalue weighted by atomic mass is 10.3. The van der Waals surface area contributed by atoms with Crippen LogP contribution in [0.25, 0.3) is 5.69 Å². The molecular formula is C17H15FN6OS. The maximum absolute atomic E-state index is 13.3. The van der Waals surface area contributed by atoms with Gasteiger partial charge in [0.1, 0.15) is 12.0 Å². The molecule has 0 radical (unpaired) electrons. The van der Waals surface area contributed by atoms with Crippen LogP contribution in [0.5, 0.6) is 0 Å². The molecule has 3 aromatic rings. The number of hydrogen-bond donors (Lipinski definition) is 0. The van der Waals surface area contributed by atoms with E-state index < -0.39 is 6.17 Å². The SMILES string of the molecule is O=C1c2cn(-c3ccc(N4CC[C@@H](F)C4)nc3)nc2CN1c1nccs1. The third-order valence-electron chi connectivity index (χ3n) is 4.68. The van der Waals surface area contributed by atoms with Gasteiger partial charge in [0.25, 0.3) is 5.91 Å². The van der Waals surface area contributed by atoms with Gasteiger partial charge in [0.2, 0.25) is 0 Å². The summed E-state index contributed by atoms with van der Waals surface area (Å²) in [7, 11) is 0. The van der Waals surface area contributed by atoms with Crippen molar-refractivity contribution in [3.05, 3.63) is 47.4 Å². The molecule has 2 aliphatic rings. The normalized spacial score (nSPS) is 19.4. The van der Waals surface area contributed by atoms with Crippen LogP contribution in [-0.2, 0) is 6.54 Å². The molecule has 0 spiro atoms. The first-order valence-electron chi connectivity index (χ1n) is 8.34. The molecule has 132 valence electrons. The summed E-state index contributed by atoms with van der Waals surface area (Å²) < 4.78 is 15.0. The standard InChI is InChI=1S/C17H15FN6OS/c18-11-3-5-22(8-11)15-2-1-12(7-20-15)24-9-13-14(21-24)10-23(16(13)25)17-19-4-6-26-17/h1-2,4,6-7,9,11H,3,5,8,10H2/t11-/m1/s1. The van der Waals surface area contributed by atoms with E-state index in [4.69, 9.17) is 0 Å². The van der Waals surface area contributed by atoms with Crippen molar-refractivity contribution in [1.82, 2.24) is 19.7 Å². The minimum absolute atomic E-state index is 0.0863. The second kappa shape index (κ2) is 5.87. The summed E-state index contributed by atoms with van der Waals surface area (Å²) in [5, 5.41) is 7.06. The van der Waals surface area contributed by atoms with Crippen molar-refractivity contribution in [3.63, 3.8) is 0 Å². The summed E-state index contributed by atoms with van der Waals surface area (Å²) in [6, 6.07) is 3.75. The minimum Gasteiger partial charge on any atom is -0.354 e. The lowest BCUT2D eigenvalue weighted by molar-refractivity contribution is 0.0996. The highest BCUT2D eigenvalue weighted by Crippen LogP contribution is 2.29. The Kier molecular flexibility index (Phi) is 3.49. The molecule has 5 rings (SSSR count). The van der Waals surface area contributed by atoms with Gasteiger partial charge in [-0.1, -0.05) is 0 Å². The molecule has 5 heterocycles. The summed E-state index contributed by atoms with van der Waals surface area (Å²) in [5.74, 6) is 0.677. The smallest absolute Gasteiger partial charge is 0.264 e. The molecule has 2 aliphatic heterocycles. The van der Waals surface area contributed by atoms with E-state index in [9.17, 15) is 9.18 Å². The van der Waals surface area contributed by atoms with Crippen LogP contribution in [0.15, 0.2) is 36.1 Å². The Bertz CT molecular complexity index is 954. The van der Waals surface area contributed by atoms with Gasteiger partial charge in [-0.3, -0.25) is 9.69 Å². The van der Waals surface area contributed by atoms with Crippen molar-refractivity contribution in [2.75, 3.05) is 22.9 Å². The summed E-state index contributed by atoms with van der Waals surface area (Å²) in [4.78, 5) is 24.8. The number of carbonyl (C=O) groups is 1. The van der Waals surface area contributed by atoms with Crippen LogP contribution in [0.2, 0.25) is 0 Å². The van der Waals surface area contributed by atoms with Gasteiger partial charge < -0.3 is 4.90 Å². The largest absolute Gasteiger partial charge is 0.354 e. The zero-order valence-corrected chi connectivity index (χ0v) is 14.6. The van der Waals surface area contributed by atoms with Crippen molar-refractivity contribution < 1.29 is 9.18 Å². The molecule has 0 unspecified atom stereocenters. The van der Waals surface area contributed by atoms with E-state index in [-0.39, 0.29) is 5.91 Å². The molecule has 3 aromatic heterocycles. The number of rotatable bonds is 3. The molecule has 0 saturated carbocycles. The molecule has 0 N–H and O–H groups in total. The van der Waals surface area contributed by atoms with Crippen LogP contribution < -0.4 is 9.80 Å². The van der Waals surface area contributed by atoms with Gasteiger partial charge in [0, 0.05) is 24.3 Å². The second-order valence-corrected chi connectivity index (χ2v) is 7.22. The maximum Gasteiger partial charge on any atom is 0.264 e. The molecule has 1 atom stereocenters. The summed E-state index contributed by atoms with van der Waals surface area (Å²) >= 11 is 1.43. The highest BCUT2D eigenvalue weighted by molar-refractivity contribution is 7.13. The summed E-state index contributed by atoms with van der Waals surface area (Å²) in [6.07, 6.45) is 4.88.